The Morgan fingerprint density at radius 3 is 2.15 bits per heavy atom. The van der Waals surface area contributed by atoms with E-state index < -0.39 is 34.7 Å². The normalized spacial score (nSPS) is 18.5. The monoisotopic (exact) mass is 475 g/mol. The molecule has 1 saturated heterocycles. The van der Waals surface area contributed by atoms with E-state index in [4.69, 9.17) is 0 Å². The van der Waals surface area contributed by atoms with Gasteiger partial charge in [-0.05, 0) is 49.8 Å². The van der Waals surface area contributed by atoms with Gasteiger partial charge in [-0.1, -0.05) is 12.8 Å². The van der Waals surface area contributed by atoms with Gasteiger partial charge in [0.1, 0.15) is 0 Å². The lowest BCUT2D eigenvalue weighted by Gasteiger charge is -2.32. The highest BCUT2D eigenvalue weighted by molar-refractivity contribution is 5.94. The maximum atomic E-state index is 13.7. The Kier molecular flexibility index (Phi) is 7.97. The minimum Gasteiger partial charge on any atom is -0.352 e. The van der Waals surface area contributed by atoms with E-state index in [9.17, 15) is 31.5 Å². The first-order valence-corrected chi connectivity index (χ1v) is 11.3. The average Bonchev–Trinajstić information content (AvgIpc) is 3.28. The molecule has 2 N–H and O–H groups in total. The molecule has 1 aliphatic carbocycles. The van der Waals surface area contributed by atoms with Gasteiger partial charge in [0.2, 0.25) is 5.91 Å². The third kappa shape index (κ3) is 7.12. The molecule has 0 aromatic heterocycles. The van der Waals surface area contributed by atoms with Gasteiger partial charge < -0.3 is 15.5 Å². The lowest BCUT2D eigenvalue weighted by atomic mass is 9.96. The van der Waals surface area contributed by atoms with Crippen molar-refractivity contribution in [2.24, 2.45) is 5.92 Å². The fourth-order valence-corrected chi connectivity index (χ4v) is 4.37. The molecule has 10 heteroatoms. The number of halogens is 5. The van der Waals surface area contributed by atoms with Crippen LogP contribution in [-0.4, -0.2) is 48.9 Å². The van der Waals surface area contributed by atoms with Crippen molar-refractivity contribution in [2.75, 3.05) is 26.2 Å². The predicted molar refractivity (Wildman–Crippen MR) is 113 cm³/mol. The maximum Gasteiger partial charge on any atom is 0.416 e. The Hall–Kier alpha value is -2.23. The van der Waals surface area contributed by atoms with Gasteiger partial charge >= 0.3 is 6.18 Å². The second kappa shape index (κ2) is 10.4. The van der Waals surface area contributed by atoms with Gasteiger partial charge in [-0.25, -0.2) is 8.78 Å². The SMILES string of the molecule is CC(F)(F)c1cc(C(=O)NCC2CCN(C(=O)CNC3CCCC3)CC2)cc(C(F)(F)F)c1. The first-order chi connectivity index (χ1) is 15.4. The summed E-state index contributed by atoms with van der Waals surface area (Å²) in [7, 11) is 0. The fraction of sp³-hybridized carbons (Fsp3) is 0.652. The number of hydrogen-bond donors (Lipinski definition) is 2. The number of carbonyl (C=O) groups excluding carboxylic acids is 2. The summed E-state index contributed by atoms with van der Waals surface area (Å²) < 4.78 is 66.6. The Labute approximate surface area is 190 Å². The van der Waals surface area contributed by atoms with Crippen molar-refractivity contribution in [3.05, 3.63) is 34.9 Å². The zero-order chi connectivity index (χ0) is 24.2. The summed E-state index contributed by atoms with van der Waals surface area (Å²) in [6.07, 6.45) is 1.02. The molecule has 3 rings (SSSR count). The molecule has 2 amide bonds. The maximum absolute atomic E-state index is 13.7. The molecule has 0 unspecified atom stereocenters. The molecule has 1 aromatic carbocycles. The lowest BCUT2D eigenvalue weighted by molar-refractivity contribution is -0.137. The molecule has 33 heavy (non-hydrogen) atoms. The third-order valence-electron chi connectivity index (χ3n) is 6.45. The van der Waals surface area contributed by atoms with Crippen LogP contribution in [0.4, 0.5) is 22.0 Å². The van der Waals surface area contributed by atoms with E-state index in [0.29, 0.717) is 57.6 Å². The molecule has 2 fully saturated rings. The van der Waals surface area contributed by atoms with Crippen LogP contribution < -0.4 is 10.6 Å². The summed E-state index contributed by atoms with van der Waals surface area (Å²) in [6, 6.07) is 2.16. The minimum atomic E-state index is -4.84. The highest BCUT2D eigenvalue weighted by Crippen LogP contribution is 2.35. The van der Waals surface area contributed by atoms with Gasteiger partial charge in [-0.3, -0.25) is 9.59 Å². The van der Waals surface area contributed by atoms with E-state index in [-0.39, 0.29) is 18.4 Å². The summed E-state index contributed by atoms with van der Waals surface area (Å²) in [5, 5.41) is 5.86. The first-order valence-electron chi connectivity index (χ1n) is 11.3. The van der Waals surface area contributed by atoms with Crippen molar-refractivity contribution < 1.29 is 31.5 Å². The standard InChI is InChI=1S/C23H30F5N3O2/c1-22(24,25)17-10-16(11-18(12-17)23(26,27)28)21(33)30-13-15-6-8-31(9-7-15)20(32)14-29-19-4-2-3-5-19/h10-12,15,19,29H,2-9,13-14H2,1H3,(H,30,33). The number of carbonyl (C=O) groups is 2. The zero-order valence-electron chi connectivity index (χ0n) is 18.6. The molecule has 0 spiro atoms. The number of alkyl halides is 5. The van der Waals surface area contributed by atoms with Crippen LogP contribution in [0.25, 0.3) is 0 Å². The number of likely N-dealkylation sites (tertiary alicyclic amines) is 1. The van der Waals surface area contributed by atoms with Crippen molar-refractivity contribution in [2.45, 2.75) is 63.6 Å². The molecule has 1 saturated carbocycles. The fourth-order valence-electron chi connectivity index (χ4n) is 4.37. The Morgan fingerprint density at radius 1 is 0.970 bits per heavy atom. The molecular formula is C23H30F5N3O2. The van der Waals surface area contributed by atoms with Gasteiger partial charge in [0.25, 0.3) is 11.8 Å². The average molecular weight is 476 g/mol. The van der Waals surface area contributed by atoms with Crippen molar-refractivity contribution in [1.82, 2.24) is 15.5 Å². The molecule has 0 radical (unpaired) electrons. The van der Waals surface area contributed by atoms with Crippen molar-refractivity contribution >= 4 is 11.8 Å². The molecule has 184 valence electrons. The highest BCUT2D eigenvalue weighted by atomic mass is 19.4. The third-order valence-corrected chi connectivity index (χ3v) is 6.45. The largest absolute Gasteiger partial charge is 0.416 e. The van der Waals surface area contributed by atoms with E-state index >= 15 is 0 Å². The first kappa shape index (κ1) is 25.4. The van der Waals surface area contributed by atoms with Gasteiger partial charge in [-0.15, -0.1) is 0 Å². The van der Waals surface area contributed by atoms with E-state index in [1.165, 1.54) is 12.8 Å². The summed E-state index contributed by atoms with van der Waals surface area (Å²) in [6.45, 7) is 2.09. The summed E-state index contributed by atoms with van der Waals surface area (Å²) in [5.41, 5.74) is -2.60. The molecular weight excluding hydrogens is 445 g/mol. The van der Waals surface area contributed by atoms with Crippen molar-refractivity contribution in [3.63, 3.8) is 0 Å². The van der Waals surface area contributed by atoms with E-state index in [1.54, 1.807) is 4.90 Å². The molecule has 2 aliphatic rings. The summed E-state index contributed by atoms with van der Waals surface area (Å²) >= 11 is 0. The van der Waals surface area contributed by atoms with Crippen LogP contribution in [0.5, 0.6) is 0 Å². The second-order valence-corrected chi connectivity index (χ2v) is 9.08. The van der Waals surface area contributed by atoms with Crippen LogP contribution >= 0.6 is 0 Å². The van der Waals surface area contributed by atoms with Crippen LogP contribution in [0.1, 0.15) is 66.9 Å². The zero-order valence-corrected chi connectivity index (χ0v) is 18.6. The van der Waals surface area contributed by atoms with Crippen LogP contribution in [0.15, 0.2) is 18.2 Å². The van der Waals surface area contributed by atoms with E-state index in [1.807, 2.05) is 0 Å². The number of hydrogen-bond acceptors (Lipinski definition) is 3. The van der Waals surface area contributed by atoms with Gasteiger partial charge in [0.15, 0.2) is 0 Å². The summed E-state index contributed by atoms with van der Waals surface area (Å²) in [5.74, 6) is -4.24. The minimum absolute atomic E-state index is 0.0429. The lowest BCUT2D eigenvalue weighted by Crippen LogP contribution is -2.46. The number of amides is 2. The van der Waals surface area contributed by atoms with Crippen molar-refractivity contribution in [1.29, 1.82) is 0 Å². The molecule has 1 aromatic rings. The molecule has 0 atom stereocenters. The molecule has 1 heterocycles. The molecule has 0 bridgehead atoms. The van der Waals surface area contributed by atoms with Crippen LogP contribution in [0, 0.1) is 5.92 Å². The van der Waals surface area contributed by atoms with E-state index in [0.717, 1.165) is 18.9 Å². The number of nitrogens with one attached hydrogen (secondary N) is 2. The van der Waals surface area contributed by atoms with Crippen molar-refractivity contribution in [3.8, 4) is 0 Å². The van der Waals surface area contributed by atoms with Gasteiger partial charge in [0, 0.05) is 43.7 Å². The Morgan fingerprint density at radius 2 is 1.58 bits per heavy atom. The summed E-state index contributed by atoms with van der Waals surface area (Å²) in [4.78, 5) is 26.6. The van der Waals surface area contributed by atoms with E-state index in [2.05, 4.69) is 10.6 Å². The van der Waals surface area contributed by atoms with Crippen LogP contribution in [-0.2, 0) is 16.9 Å². The quantitative estimate of drug-likeness (QED) is 0.578. The highest BCUT2D eigenvalue weighted by Gasteiger charge is 2.35. The molecule has 1 aliphatic heterocycles. The number of piperidine rings is 1. The molecule has 5 nitrogen and oxygen atoms in total. The number of benzene rings is 1. The Bertz CT molecular complexity index is 807. The van der Waals surface area contributed by atoms with Crippen LogP contribution in [0.2, 0.25) is 0 Å². The topological polar surface area (TPSA) is 61.4 Å². The Balaban J connectivity index is 1.50. The smallest absolute Gasteiger partial charge is 0.352 e. The number of rotatable bonds is 7. The second-order valence-electron chi connectivity index (χ2n) is 9.08. The van der Waals surface area contributed by atoms with Gasteiger partial charge in [0.05, 0.1) is 12.1 Å². The van der Waals surface area contributed by atoms with Crippen LogP contribution in [0.3, 0.4) is 0 Å². The predicted octanol–water partition coefficient (Wildman–Crippen LogP) is 4.32. The van der Waals surface area contributed by atoms with Gasteiger partial charge in [-0.2, -0.15) is 13.2 Å². The number of nitrogens with zero attached hydrogens (tertiary/aromatic N) is 1.